The lowest BCUT2D eigenvalue weighted by Crippen LogP contribution is -1.96. The summed E-state index contributed by atoms with van der Waals surface area (Å²) in [5.74, 6) is 0. The maximum Gasteiger partial charge on any atom is 0.135 e. The van der Waals surface area contributed by atoms with E-state index in [1.54, 1.807) is 0 Å². The number of hydrogen-bond donors (Lipinski definition) is 0. The van der Waals surface area contributed by atoms with Gasteiger partial charge in [-0.15, -0.1) is 0 Å². The zero-order valence-corrected chi connectivity index (χ0v) is 27.5. The van der Waals surface area contributed by atoms with Crippen molar-refractivity contribution in [2.24, 2.45) is 0 Å². The number of aromatic nitrogens is 2. The molecular formula is C48H28N2O. The number of para-hydroxylation sites is 3. The van der Waals surface area contributed by atoms with E-state index in [1.807, 2.05) is 12.1 Å². The van der Waals surface area contributed by atoms with Gasteiger partial charge in [-0.1, -0.05) is 115 Å². The molecule has 0 saturated carbocycles. The summed E-state index contributed by atoms with van der Waals surface area (Å²) in [6.07, 6.45) is 0. The van der Waals surface area contributed by atoms with Gasteiger partial charge >= 0.3 is 0 Å². The SMILES string of the molecule is c1ccc2c(c1)oc1ccc(-n3c4ccccc4c4c3ccc3c5ccccc5n(-c5ccc6c7ccccc7c7ccccc7c6c5)c34)cc12. The molecule has 0 radical (unpaired) electrons. The third kappa shape index (κ3) is 3.57. The fraction of sp³-hybridized carbons (Fsp3) is 0. The molecule has 3 nitrogen and oxygen atoms in total. The average molecular weight is 649 g/mol. The molecule has 3 aromatic heterocycles. The Labute approximate surface area is 291 Å². The molecule has 3 heterocycles. The van der Waals surface area contributed by atoms with Crippen LogP contribution in [0.15, 0.2) is 174 Å². The van der Waals surface area contributed by atoms with Crippen molar-refractivity contribution in [2.75, 3.05) is 0 Å². The topological polar surface area (TPSA) is 23.0 Å². The van der Waals surface area contributed by atoms with Gasteiger partial charge in [0.1, 0.15) is 11.2 Å². The quantitative estimate of drug-likeness (QED) is 0.171. The summed E-state index contributed by atoms with van der Waals surface area (Å²) < 4.78 is 11.1. The van der Waals surface area contributed by atoms with Crippen LogP contribution in [0.5, 0.6) is 0 Å². The number of furan rings is 1. The van der Waals surface area contributed by atoms with Crippen LogP contribution in [0.3, 0.4) is 0 Å². The molecule has 12 rings (SSSR count). The van der Waals surface area contributed by atoms with Crippen LogP contribution in [0.4, 0.5) is 0 Å². The molecule has 0 amide bonds. The second kappa shape index (κ2) is 9.87. The Kier molecular flexibility index (Phi) is 5.23. The van der Waals surface area contributed by atoms with Gasteiger partial charge in [0.15, 0.2) is 0 Å². The minimum atomic E-state index is 0.903. The van der Waals surface area contributed by atoms with E-state index < -0.39 is 0 Å². The second-order valence-corrected chi connectivity index (χ2v) is 13.7. The van der Waals surface area contributed by atoms with E-state index in [4.69, 9.17) is 4.42 Å². The molecule has 0 saturated heterocycles. The predicted octanol–water partition coefficient (Wildman–Crippen LogP) is 13.2. The summed E-state index contributed by atoms with van der Waals surface area (Å²) >= 11 is 0. The van der Waals surface area contributed by atoms with E-state index in [9.17, 15) is 0 Å². The van der Waals surface area contributed by atoms with Crippen molar-refractivity contribution >= 4 is 97.9 Å². The van der Waals surface area contributed by atoms with Gasteiger partial charge in [-0.05, 0) is 86.9 Å². The number of hydrogen-bond acceptors (Lipinski definition) is 1. The van der Waals surface area contributed by atoms with E-state index in [1.165, 1.54) is 75.9 Å². The molecule has 0 fully saturated rings. The Morgan fingerprint density at radius 1 is 0.294 bits per heavy atom. The van der Waals surface area contributed by atoms with Gasteiger partial charge < -0.3 is 13.6 Å². The van der Waals surface area contributed by atoms with E-state index in [-0.39, 0.29) is 0 Å². The third-order valence-corrected chi connectivity index (χ3v) is 11.1. The Balaban J connectivity index is 1.22. The smallest absolute Gasteiger partial charge is 0.135 e. The highest BCUT2D eigenvalue weighted by Gasteiger charge is 2.22. The predicted molar refractivity (Wildman–Crippen MR) is 215 cm³/mol. The molecule has 3 heteroatoms. The standard InChI is InChI=1S/C48H28N2O/c1-2-13-33-31(11-1)32-12-3-4-14-34(32)40-27-30(21-23-35(33)40)50-42-18-8-5-15-36(42)38-24-25-44-47(48(38)50)39-17-6-9-19-43(39)49(44)29-22-26-46-41(28-29)37-16-7-10-20-45(37)51-46/h1-28H. The Bertz CT molecular complexity index is 3390. The first-order chi connectivity index (χ1) is 25.3. The molecular weight excluding hydrogens is 621 g/mol. The van der Waals surface area contributed by atoms with Gasteiger partial charge in [0.05, 0.1) is 22.1 Å². The normalized spacial score (nSPS) is 12.3. The fourth-order valence-corrected chi connectivity index (χ4v) is 8.94. The zero-order chi connectivity index (χ0) is 33.2. The molecule has 0 bridgehead atoms. The summed E-state index contributed by atoms with van der Waals surface area (Å²) in [6, 6.07) is 61.9. The Hall–Kier alpha value is -6.84. The molecule has 0 unspecified atom stereocenters. The van der Waals surface area contributed by atoms with Crippen LogP contribution in [-0.4, -0.2) is 9.13 Å². The van der Waals surface area contributed by atoms with Crippen LogP contribution in [0.2, 0.25) is 0 Å². The van der Waals surface area contributed by atoms with Crippen LogP contribution in [-0.2, 0) is 0 Å². The molecule has 0 spiro atoms. The van der Waals surface area contributed by atoms with Crippen molar-refractivity contribution in [3.05, 3.63) is 170 Å². The van der Waals surface area contributed by atoms with Gasteiger partial charge in [0.2, 0.25) is 0 Å². The van der Waals surface area contributed by atoms with Crippen LogP contribution in [0, 0.1) is 0 Å². The van der Waals surface area contributed by atoms with Crippen molar-refractivity contribution < 1.29 is 4.42 Å². The van der Waals surface area contributed by atoms with Crippen LogP contribution in [0.1, 0.15) is 0 Å². The zero-order valence-electron chi connectivity index (χ0n) is 27.5. The molecule has 51 heavy (non-hydrogen) atoms. The Morgan fingerprint density at radius 3 is 1.53 bits per heavy atom. The summed E-state index contributed by atoms with van der Waals surface area (Å²) in [5.41, 5.74) is 8.87. The lowest BCUT2D eigenvalue weighted by atomic mass is 9.94. The molecule has 0 atom stereocenters. The van der Waals surface area contributed by atoms with Gasteiger partial charge in [-0.25, -0.2) is 0 Å². The highest BCUT2D eigenvalue weighted by atomic mass is 16.3. The van der Waals surface area contributed by atoms with Crippen LogP contribution < -0.4 is 0 Å². The third-order valence-electron chi connectivity index (χ3n) is 11.1. The number of nitrogens with zero attached hydrogens (tertiary/aromatic N) is 2. The molecule has 236 valence electrons. The van der Waals surface area contributed by atoms with Crippen LogP contribution >= 0.6 is 0 Å². The Morgan fingerprint density at radius 2 is 0.784 bits per heavy atom. The highest BCUT2D eigenvalue weighted by molar-refractivity contribution is 6.28. The van der Waals surface area contributed by atoms with Gasteiger partial charge in [0.25, 0.3) is 0 Å². The highest BCUT2D eigenvalue weighted by Crippen LogP contribution is 2.44. The fourth-order valence-electron chi connectivity index (χ4n) is 8.94. The van der Waals surface area contributed by atoms with Crippen LogP contribution in [0.25, 0.3) is 109 Å². The molecule has 0 aliphatic heterocycles. The van der Waals surface area contributed by atoms with E-state index in [0.717, 1.165) is 33.3 Å². The molecule has 0 aliphatic carbocycles. The van der Waals surface area contributed by atoms with E-state index in [0.29, 0.717) is 0 Å². The lowest BCUT2D eigenvalue weighted by molar-refractivity contribution is 0.669. The van der Waals surface area contributed by atoms with Crippen molar-refractivity contribution in [3.63, 3.8) is 0 Å². The maximum atomic E-state index is 6.22. The van der Waals surface area contributed by atoms with Crippen molar-refractivity contribution in [2.45, 2.75) is 0 Å². The van der Waals surface area contributed by atoms with Gasteiger partial charge in [-0.3, -0.25) is 0 Å². The molecule has 0 aliphatic rings. The average Bonchev–Trinajstić information content (AvgIpc) is 3.85. The van der Waals surface area contributed by atoms with Crippen molar-refractivity contribution in [3.8, 4) is 11.4 Å². The molecule has 0 N–H and O–H groups in total. The summed E-state index contributed by atoms with van der Waals surface area (Å²) in [5, 5.41) is 14.9. The van der Waals surface area contributed by atoms with Crippen molar-refractivity contribution in [1.29, 1.82) is 0 Å². The first-order valence-corrected chi connectivity index (χ1v) is 17.5. The molecule has 12 aromatic rings. The maximum absolute atomic E-state index is 6.22. The number of fused-ring (bicyclic) bond motifs is 16. The summed E-state index contributed by atoms with van der Waals surface area (Å²) in [6.45, 7) is 0. The second-order valence-electron chi connectivity index (χ2n) is 13.7. The monoisotopic (exact) mass is 648 g/mol. The summed E-state index contributed by atoms with van der Waals surface area (Å²) in [7, 11) is 0. The first kappa shape index (κ1) is 27.0. The van der Waals surface area contributed by atoms with Gasteiger partial charge in [-0.2, -0.15) is 0 Å². The summed E-state index contributed by atoms with van der Waals surface area (Å²) in [4.78, 5) is 0. The molecule has 9 aromatic carbocycles. The van der Waals surface area contributed by atoms with E-state index in [2.05, 4.69) is 167 Å². The van der Waals surface area contributed by atoms with Crippen molar-refractivity contribution in [1.82, 2.24) is 9.13 Å². The first-order valence-electron chi connectivity index (χ1n) is 17.5. The number of benzene rings is 9. The largest absolute Gasteiger partial charge is 0.456 e. The minimum absolute atomic E-state index is 0.903. The number of rotatable bonds is 2. The van der Waals surface area contributed by atoms with Gasteiger partial charge in [0, 0.05) is 43.7 Å². The lowest BCUT2D eigenvalue weighted by Gasteiger charge is -2.14. The van der Waals surface area contributed by atoms with E-state index >= 15 is 0 Å². The minimum Gasteiger partial charge on any atom is -0.456 e.